The first-order chi connectivity index (χ1) is 14.0. The molecule has 1 atom stereocenters. The smallest absolute Gasteiger partial charge is 0.367 e. The van der Waals surface area contributed by atoms with Gasteiger partial charge < -0.3 is 10.7 Å². The van der Waals surface area contributed by atoms with Crippen LogP contribution in [0.4, 0.5) is 13.2 Å². The molecule has 3 aromatic rings. The maximum absolute atomic E-state index is 13.3. The summed E-state index contributed by atoms with van der Waals surface area (Å²) in [6, 6.07) is 11.4. The van der Waals surface area contributed by atoms with Crippen LogP contribution in [0, 0.1) is 0 Å². The van der Waals surface area contributed by atoms with Gasteiger partial charge in [-0.2, -0.15) is 21.6 Å². The molecule has 11 heteroatoms. The molecule has 1 amide bonds. The molecule has 158 valence electrons. The van der Waals surface area contributed by atoms with Crippen LogP contribution in [0.15, 0.2) is 64.3 Å². The molecule has 30 heavy (non-hydrogen) atoms. The van der Waals surface area contributed by atoms with Crippen molar-refractivity contribution >= 4 is 26.9 Å². The zero-order valence-corrected chi connectivity index (χ0v) is 16.0. The minimum atomic E-state index is -4.89. The molecule has 0 saturated heterocycles. The average molecular weight is 440 g/mol. The number of halogens is 3. The van der Waals surface area contributed by atoms with E-state index < -0.39 is 49.7 Å². The molecule has 0 fully saturated rings. The summed E-state index contributed by atoms with van der Waals surface area (Å²) < 4.78 is 70.1. The minimum absolute atomic E-state index is 0.149. The Balaban J connectivity index is 2.01. The lowest BCUT2D eigenvalue weighted by Crippen LogP contribution is -2.35. The molecule has 1 aromatic heterocycles. The lowest BCUT2D eigenvalue weighted by molar-refractivity contribution is -0.136. The highest BCUT2D eigenvalue weighted by molar-refractivity contribution is 7.86. The number of nitrogens with one attached hydrogen (secondary N) is 1. The monoisotopic (exact) mass is 440 g/mol. The van der Waals surface area contributed by atoms with Gasteiger partial charge in [-0.3, -0.25) is 13.8 Å². The Bertz CT molecular complexity index is 1250. The Morgan fingerprint density at radius 3 is 2.37 bits per heavy atom. The Labute approximate surface area is 168 Å². The van der Waals surface area contributed by atoms with Gasteiger partial charge in [0.15, 0.2) is 6.10 Å². The van der Waals surface area contributed by atoms with Crippen LogP contribution in [-0.2, 0) is 31.7 Å². The first kappa shape index (κ1) is 21.5. The van der Waals surface area contributed by atoms with Gasteiger partial charge in [0.2, 0.25) is 11.5 Å². The molecule has 2 aromatic carbocycles. The third-order valence-corrected chi connectivity index (χ3v) is 5.55. The van der Waals surface area contributed by atoms with Crippen LogP contribution in [-0.4, -0.2) is 25.4 Å². The van der Waals surface area contributed by atoms with Crippen molar-refractivity contribution in [3.63, 3.8) is 0 Å². The number of carbonyl (C=O) groups is 1. The number of aromatic nitrogens is 1. The molecule has 0 aliphatic rings. The van der Waals surface area contributed by atoms with Gasteiger partial charge in [-0.1, -0.05) is 30.3 Å². The summed E-state index contributed by atoms with van der Waals surface area (Å²) in [5.74, 6) is -1.05. The van der Waals surface area contributed by atoms with E-state index >= 15 is 0 Å². The number of alkyl halides is 3. The second-order valence-corrected chi connectivity index (χ2v) is 7.96. The molecule has 0 aliphatic heterocycles. The molecule has 7 nitrogen and oxygen atoms in total. The average Bonchev–Trinajstić information content (AvgIpc) is 2.66. The zero-order chi connectivity index (χ0) is 22.1. The fourth-order valence-electron chi connectivity index (χ4n) is 2.84. The van der Waals surface area contributed by atoms with Crippen LogP contribution in [0.25, 0.3) is 10.9 Å². The Morgan fingerprint density at radius 2 is 1.77 bits per heavy atom. The summed E-state index contributed by atoms with van der Waals surface area (Å²) >= 11 is 0. The van der Waals surface area contributed by atoms with E-state index in [1.807, 2.05) is 0 Å². The number of hydrogen-bond donors (Lipinski definition) is 2. The van der Waals surface area contributed by atoms with E-state index in [0.29, 0.717) is 11.6 Å². The first-order valence-corrected chi connectivity index (χ1v) is 9.89. The van der Waals surface area contributed by atoms with E-state index in [1.165, 1.54) is 0 Å². The highest BCUT2D eigenvalue weighted by Crippen LogP contribution is 2.34. The van der Waals surface area contributed by atoms with E-state index in [9.17, 15) is 31.2 Å². The second kappa shape index (κ2) is 7.92. The van der Waals surface area contributed by atoms with Gasteiger partial charge in [0.05, 0.1) is 10.5 Å². The normalized spacial score (nSPS) is 13.3. The highest BCUT2D eigenvalue weighted by atomic mass is 32.2. The molecule has 0 aliphatic carbocycles. The first-order valence-electron chi connectivity index (χ1n) is 8.48. The van der Waals surface area contributed by atoms with Crippen molar-refractivity contribution in [3.8, 4) is 0 Å². The van der Waals surface area contributed by atoms with E-state index in [2.05, 4.69) is 4.98 Å². The molecule has 0 saturated carbocycles. The number of hydrogen-bond acceptors (Lipinski definition) is 5. The van der Waals surface area contributed by atoms with Gasteiger partial charge in [0.1, 0.15) is 0 Å². The largest absolute Gasteiger partial charge is 0.417 e. The van der Waals surface area contributed by atoms with Crippen LogP contribution < -0.4 is 11.3 Å². The molecule has 0 bridgehead atoms. The third-order valence-electron chi connectivity index (χ3n) is 4.23. The molecular weight excluding hydrogens is 425 g/mol. The number of fused-ring (bicyclic) bond motifs is 1. The maximum Gasteiger partial charge on any atom is 0.417 e. The topological polar surface area (TPSA) is 119 Å². The fourth-order valence-corrected chi connectivity index (χ4v) is 3.92. The van der Waals surface area contributed by atoms with E-state index in [-0.39, 0.29) is 11.9 Å². The predicted molar refractivity (Wildman–Crippen MR) is 101 cm³/mol. The molecular formula is C19H15F3N2O5S. The molecule has 0 spiro atoms. The Morgan fingerprint density at radius 1 is 1.10 bits per heavy atom. The van der Waals surface area contributed by atoms with E-state index in [4.69, 9.17) is 9.92 Å². The van der Waals surface area contributed by atoms with Crippen molar-refractivity contribution in [2.75, 3.05) is 0 Å². The van der Waals surface area contributed by atoms with Crippen molar-refractivity contribution in [3.05, 3.63) is 76.1 Å². The van der Waals surface area contributed by atoms with Gasteiger partial charge in [0.25, 0.3) is 10.1 Å². The van der Waals surface area contributed by atoms with Crippen molar-refractivity contribution in [1.29, 1.82) is 0 Å². The summed E-state index contributed by atoms with van der Waals surface area (Å²) in [7, 11) is -4.65. The van der Waals surface area contributed by atoms with Crippen LogP contribution in [0.5, 0.6) is 0 Å². The summed E-state index contributed by atoms with van der Waals surface area (Å²) in [6.45, 7) is 0. The Kier molecular flexibility index (Phi) is 5.68. The molecule has 3 rings (SSSR count). The molecule has 3 N–H and O–H groups in total. The SMILES string of the molecule is NC(=O)C(Cc1ccccc1)OS(=O)(=O)c1ccc2[nH]c(=O)cc(C(F)(F)F)c2c1. The molecule has 1 heterocycles. The van der Waals surface area contributed by atoms with Crippen LogP contribution >= 0.6 is 0 Å². The number of carbonyl (C=O) groups excluding carboxylic acids is 1. The Hall–Kier alpha value is -3.18. The second-order valence-electron chi connectivity index (χ2n) is 6.38. The third kappa shape index (κ3) is 4.69. The quantitative estimate of drug-likeness (QED) is 0.571. The number of H-pyrrole nitrogens is 1. The van der Waals surface area contributed by atoms with Gasteiger partial charge in [-0.25, -0.2) is 0 Å². The number of rotatable bonds is 6. The van der Waals surface area contributed by atoms with Crippen molar-refractivity contribution in [1.82, 2.24) is 4.98 Å². The van der Waals surface area contributed by atoms with Crippen LogP contribution in [0.2, 0.25) is 0 Å². The summed E-state index contributed by atoms with van der Waals surface area (Å²) in [6.07, 6.45) is -6.60. The van der Waals surface area contributed by atoms with Crippen molar-refractivity contribution in [2.24, 2.45) is 5.73 Å². The number of amides is 1. The maximum atomic E-state index is 13.3. The lowest BCUT2D eigenvalue weighted by atomic mass is 10.1. The van der Waals surface area contributed by atoms with E-state index in [1.54, 1.807) is 30.3 Å². The lowest BCUT2D eigenvalue weighted by Gasteiger charge is -2.16. The van der Waals surface area contributed by atoms with Crippen LogP contribution in [0.3, 0.4) is 0 Å². The van der Waals surface area contributed by atoms with Gasteiger partial charge in [0, 0.05) is 23.4 Å². The summed E-state index contributed by atoms with van der Waals surface area (Å²) in [4.78, 5) is 24.8. The van der Waals surface area contributed by atoms with Gasteiger partial charge >= 0.3 is 6.18 Å². The van der Waals surface area contributed by atoms with Gasteiger partial charge in [-0.15, -0.1) is 0 Å². The minimum Gasteiger partial charge on any atom is -0.367 e. The number of benzene rings is 2. The fraction of sp³-hybridized carbons (Fsp3) is 0.158. The van der Waals surface area contributed by atoms with E-state index in [0.717, 1.165) is 18.2 Å². The van der Waals surface area contributed by atoms with Crippen molar-refractivity contribution in [2.45, 2.75) is 23.6 Å². The number of pyridine rings is 1. The summed E-state index contributed by atoms with van der Waals surface area (Å²) in [5, 5.41) is -0.537. The van der Waals surface area contributed by atoms with Crippen LogP contribution in [0.1, 0.15) is 11.1 Å². The number of primary amides is 1. The zero-order valence-electron chi connectivity index (χ0n) is 15.1. The van der Waals surface area contributed by atoms with Crippen molar-refractivity contribution < 1.29 is 30.6 Å². The highest BCUT2D eigenvalue weighted by Gasteiger charge is 2.34. The molecule has 0 radical (unpaired) electrons. The standard InChI is InChI=1S/C19H15F3N2O5S/c20-19(21,22)14-10-17(25)24-15-7-6-12(9-13(14)15)30(27,28)29-16(18(23)26)8-11-4-2-1-3-5-11/h1-7,9-10,16H,8H2,(H2,23,26)(H,24,25). The number of aromatic amines is 1. The summed E-state index contributed by atoms with van der Waals surface area (Å²) in [5.41, 5.74) is 3.33. The van der Waals surface area contributed by atoms with Gasteiger partial charge in [-0.05, 0) is 23.8 Å². The predicted octanol–water partition coefficient (Wildman–Crippen LogP) is 2.35. The number of nitrogens with two attached hydrogens (primary N) is 1. The molecule has 1 unspecified atom stereocenters.